The molecule has 1 unspecified atom stereocenters. The van der Waals surface area contributed by atoms with Crippen molar-refractivity contribution in [3.63, 3.8) is 0 Å². The number of rotatable bonds is 4. The monoisotopic (exact) mass is 376 g/mol. The molecule has 130 valence electrons. The van der Waals surface area contributed by atoms with Gasteiger partial charge in [-0.1, -0.05) is 48.3 Å². The van der Waals surface area contributed by atoms with Gasteiger partial charge in [-0.3, -0.25) is 4.79 Å². The van der Waals surface area contributed by atoms with E-state index in [-0.39, 0.29) is 11.9 Å². The predicted octanol–water partition coefficient (Wildman–Crippen LogP) is 5.09. The maximum Gasteiger partial charge on any atom is 0.242 e. The summed E-state index contributed by atoms with van der Waals surface area (Å²) in [4.78, 5) is 12.4. The zero-order chi connectivity index (χ0) is 18.0. The van der Waals surface area contributed by atoms with Gasteiger partial charge in [0.25, 0.3) is 0 Å². The fourth-order valence-electron chi connectivity index (χ4n) is 2.87. The Morgan fingerprint density at radius 1 is 1.24 bits per heavy atom. The SMILES string of the molecule is CCC(=O)N1N=C(c2ccc(Cl)cc2Cl)CC1c1ccc(OC)cc1. The molecule has 1 atom stereocenters. The molecule has 6 heteroatoms. The zero-order valence-electron chi connectivity index (χ0n) is 14.0. The molecule has 1 heterocycles. The van der Waals surface area contributed by atoms with Crippen molar-refractivity contribution in [3.8, 4) is 5.75 Å². The fraction of sp³-hybridized carbons (Fsp3) is 0.263. The summed E-state index contributed by atoms with van der Waals surface area (Å²) in [5.74, 6) is 0.748. The van der Waals surface area contributed by atoms with E-state index in [1.54, 1.807) is 24.3 Å². The number of hydrazone groups is 1. The lowest BCUT2D eigenvalue weighted by atomic mass is 9.98. The molecule has 2 aromatic carbocycles. The van der Waals surface area contributed by atoms with Crippen LogP contribution in [0.4, 0.5) is 0 Å². The van der Waals surface area contributed by atoms with Crippen molar-refractivity contribution in [1.29, 1.82) is 0 Å². The van der Waals surface area contributed by atoms with Crippen LogP contribution >= 0.6 is 23.2 Å². The van der Waals surface area contributed by atoms with Gasteiger partial charge in [0.1, 0.15) is 5.75 Å². The van der Waals surface area contributed by atoms with Crippen molar-refractivity contribution in [1.82, 2.24) is 5.01 Å². The van der Waals surface area contributed by atoms with Crippen LogP contribution in [-0.2, 0) is 4.79 Å². The lowest BCUT2D eigenvalue weighted by Gasteiger charge is -2.21. The van der Waals surface area contributed by atoms with Crippen LogP contribution < -0.4 is 4.74 Å². The molecule has 4 nitrogen and oxygen atoms in total. The summed E-state index contributed by atoms with van der Waals surface area (Å²) in [5.41, 5.74) is 2.59. The fourth-order valence-corrected chi connectivity index (χ4v) is 3.39. The van der Waals surface area contributed by atoms with Gasteiger partial charge in [0.05, 0.1) is 23.9 Å². The molecule has 0 saturated carbocycles. The first-order valence-corrected chi connectivity index (χ1v) is 8.78. The van der Waals surface area contributed by atoms with Gasteiger partial charge in [0, 0.05) is 23.4 Å². The molecular weight excluding hydrogens is 359 g/mol. The van der Waals surface area contributed by atoms with Crippen molar-refractivity contribution in [2.45, 2.75) is 25.8 Å². The molecule has 1 aliphatic heterocycles. The highest BCUT2D eigenvalue weighted by Gasteiger charge is 2.32. The molecule has 1 amide bonds. The number of hydrogen-bond acceptors (Lipinski definition) is 3. The second kappa shape index (κ2) is 7.46. The molecule has 25 heavy (non-hydrogen) atoms. The van der Waals surface area contributed by atoms with Crippen molar-refractivity contribution < 1.29 is 9.53 Å². The van der Waals surface area contributed by atoms with E-state index < -0.39 is 0 Å². The van der Waals surface area contributed by atoms with E-state index in [1.165, 1.54) is 0 Å². The third-order valence-corrected chi connectivity index (χ3v) is 4.76. The quantitative estimate of drug-likeness (QED) is 0.745. The highest BCUT2D eigenvalue weighted by Crippen LogP contribution is 2.35. The molecule has 2 aromatic rings. The molecule has 0 aliphatic carbocycles. The number of amides is 1. The first-order chi connectivity index (χ1) is 12.0. The van der Waals surface area contributed by atoms with Crippen molar-refractivity contribution >= 4 is 34.8 Å². The third-order valence-electron chi connectivity index (χ3n) is 4.21. The molecular formula is C19H18Cl2N2O2. The summed E-state index contributed by atoms with van der Waals surface area (Å²) < 4.78 is 5.21. The first kappa shape index (κ1) is 17.8. The van der Waals surface area contributed by atoms with Crippen molar-refractivity contribution in [2.75, 3.05) is 7.11 Å². The topological polar surface area (TPSA) is 41.9 Å². The van der Waals surface area contributed by atoms with Crippen LogP contribution in [-0.4, -0.2) is 23.7 Å². The zero-order valence-corrected chi connectivity index (χ0v) is 15.5. The second-order valence-electron chi connectivity index (χ2n) is 5.76. The lowest BCUT2D eigenvalue weighted by Crippen LogP contribution is -2.26. The number of methoxy groups -OCH3 is 1. The van der Waals surface area contributed by atoms with Crippen LogP contribution in [0, 0.1) is 0 Å². The van der Waals surface area contributed by atoms with E-state index in [9.17, 15) is 4.79 Å². The van der Waals surface area contributed by atoms with Crippen molar-refractivity contribution in [2.24, 2.45) is 5.10 Å². The van der Waals surface area contributed by atoms with Crippen LogP contribution in [0.25, 0.3) is 0 Å². The van der Waals surface area contributed by atoms with Gasteiger partial charge < -0.3 is 4.74 Å². The number of hydrogen-bond donors (Lipinski definition) is 0. The Bertz CT molecular complexity index is 819. The number of ether oxygens (including phenoxy) is 1. The average molecular weight is 377 g/mol. The van der Waals surface area contributed by atoms with Gasteiger partial charge in [0.15, 0.2) is 0 Å². The average Bonchev–Trinajstić information content (AvgIpc) is 3.06. The van der Waals surface area contributed by atoms with Crippen LogP contribution in [0.15, 0.2) is 47.6 Å². The molecule has 0 saturated heterocycles. The Labute approximate surface area is 157 Å². The van der Waals surface area contributed by atoms with Crippen molar-refractivity contribution in [3.05, 3.63) is 63.6 Å². The van der Waals surface area contributed by atoms with E-state index in [4.69, 9.17) is 27.9 Å². The van der Waals surface area contributed by atoms with E-state index >= 15 is 0 Å². The van der Waals surface area contributed by atoms with E-state index in [2.05, 4.69) is 5.10 Å². The Kier molecular flexibility index (Phi) is 5.30. The molecule has 0 fully saturated rings. The summed E-state index contributed by atoms with van der Waals surface area (Å²) in [6, 6.07) is 12.8. The summed E-state index contributed by atoms with van der Waals surface area (Å²) in [6.07, 6.45) is 0.983. The lowest BCUT2D eigenvalue weighted by molar-refractivity contribution is -0.132. The predicted molar refractivity (Wildman–Crippen MR) is 100 cm³/mol. The summed E-state index contributed by atoms with van der Waals surface area (Å²) in [6.45, 7) is 1.83. The van der Waals surface area contributed by atoms with Crippen LogP contribution in [0.1, 0.15) is 36.9 Å². The Morgan fingerprint density at radius 2 is 1.96 bits per heavy atom. The van der Waals surface area contributed by atoms with Gasteiger partial charge in [0.2, 0.25) is 5.91 Å². The summed E-state index contributed by atoms with van der Waals surface area (Å²) >= 11 is 12.3. The normalized spacial score (nSPS) is 16.7. The number of carbonyl (C=O) groups is 1. The van der Waals surface area contributed by atoms with E-state index in [0.29, 0.717) is 22.9 Å². The highest BCUT2D eigenvalue weighted by molar-refractivity contribution is 6.37. The maximum absolute atomic E-state index is 12.4. The molecule has 0 radical (unpaired) electrons. The third kappa shape index (κ3) is 3.65. The maximum atomic E-state index is 12.4. The highest BCUT2D eigenvalue weighted by atomic mass is 35.5. The van der Waals surface area contributed by atoms with Crippen LogP contribution in [0.5, 0.6) is 5.75 Å². The van der Waals surface area contributed by atoms with E-state index in [1.807, 2.05) is 37.3 Å². The Balaban J connectivity index is 1.96. The molecule has 3 rings (SSSR count). The van der Waals surface area contributed by atoms with Gasteiger partial charge >= 0.3 is 0 Å². The van der Waals surface area contributed by atoms with Crippen LogP contribution in [0.3, 0.4) is 0 Å². The Hall–Kier alpha value is -2.04. The summed E-state index contributed by atoms with van der Waals surface area (Å²) in [7, 11) is 1.63. The smallest absolute Gasteiger partial charge is 0.242 e. The van der Waals surface area contributed by atoms with E-state index in [0.717, 1.165) is 22.6 Å². The largest absolute Gasteiger partial charge is 0.497 e. The first-order valence-electron chi connectivity index (χ1n) is 8.02. The molecule has 0 spiro atoms. The number of carbonyl (C=O) groups excluding carboxylic acids is 1. The minimum Gasteiger partial charge on any atom is -0.497 e. The molecule has 0 N–H and O–H groups in total. The van der Waals surface area contributed by atoms with Crippen LogP contribution in [0.2, 0.25) is 10.0 Å². The van der Waals surface area contributed by atoms with Gasteiger partial charge in [-0.05, 0) is 29.8 Å². The van der Waals surface area contributed by atoms with Gasteiger partial charge in [-0.25, -0.2) is 5.01 Å². The Morgan fingerprint density at radius 3 is 2.56 bits per heavy atom. The minimum absolute atomic E-state index is 0.0269. The number of benzene rings is 2. The van der Waals surface area contributed by atoms with Gasteiger partial charge in [-0.15, -0.1) is 0 Å². The molecule has 0 bridgehead atoms. The number of nitrogens with zero attached hydrogens (tertiary/aromatic N) is 2. The van der Waals surface area contributed by atoms with Gasteiger partial charge in [-0.2, -0.15) is 5.10 Å². The standard InChI is InChI=1S/C19H18Cl2N2O2/c1-3-19(24)23-18(12-4-7-14(25-2)8-5-12)11-17(22-23)15-9-6-13(20)10-16(15)21/h4-10,18H,3,11H2,1-2H3. The summed E-state index contributed by atoms with van der Waals surface area (Å²) in [5, 5.41) is 7.22. The second-order valence-corrected chi connectivity index (χ2v) is 6.60. The molecule has 1 aliphatic rings. The molecule has 0 aromatic heterocycles. The number of halogens is 2. The minimum atomic E-state index is -0.153.